The molecular weight excluding hydrogens is 408 g/mol. The standard InChI is InChI=1S/C24H22N4O4/c1-3-32-21-10-6-7-16(22(21)31-2)14-25-28-24(30)15-11-12-18-19(13-15)27-23(26-18)17-8-4-5-9-20(17)29/h4-14,29H,3H2,1-2H3,(H,26,27)(H,28,30)/b25-14+. The van der Waals surface area contributed by atoms with Gasteiger partial charge in [0.1, 0.15) is 11.6 Å². The summed E-state index contributed by atoms with van der Waals surface area (Å²) in [6.45, 7) is 2.40. The summed E-state index contributed by atoms with van der Waals surface area (Å²) in [5, 5.41) is 14.1. The minimum atomic E-state index is -0.373. The Morgan fingerprint density at radius 1 is 1.19 bits per heavy atom. The zero-order valence-corrected chi connectivity index (χ0v) is 17.6. The number of H-pyrrole nitrogens is 1. The van der Waals surface area contributed by atoms with Crippen LogP contribution in [0.1, 0.15) is 22.8 Å². The molecule has 1 heterocycles. The van der Waals surface area contributed by atoms with Gasteiger partial charge in [0.25, 0.3) is 5.91 Å². The smallest absolute Gasteiger partial charge is 0.271 e. The molecule has 0 aliphatic heterocycles. The lowest BCUT2D eigenvalue weighted by Crippen LogP contribution is -2.17. The predicted octanol–water partition coefficient (Wildman–Crippen LogP) is 4.11. The second-order valence-corrected chi connectivity index (χ2v) is 6.85. The largest absolute Gasteiger partial charge is 0.507 e. The first-order valence-corrected chi connectivity index (χ1v) is 10.0. The topological polar surface area (TPSA) is 109 Å². The summed E-state index contributed by atoms with van der Waals surface area (Å²) in [6.07, 6.45) is 1.50. The van der Waals surface area contributed by atoms with E-state index in [9.17, 15) is 9.90 Å². The van der Waals surface area contributed by atoms with Gasteiger partial charge in [0.05, 0.1) is 36.5 Å². The van der Waals surface area contributed by atoms with Crippen molar-refractivity contribution in [3.63, 3.8) is 0 Å². The van der Waals surface area contributed by atoms with Crippen molar-refractivity contribution in [1.82, 2.24) is 15.4 Å². The van der Waals surface area contributed by atoms with Gasteiger partial charge in [0.15, 0.2) is 11.5 Å². The van der Waals surface area contributed by atoms with Crippen LogP contribution in [0.25, 0.3) is 22.4 Å². The minimum Gasteiger partial charge on any atom is -0.507 e. The Morgan fingerprint density at radius 3 is 2.81 bits per heavy atom. The van der Waals surface area contributed by atoms with E-state index < -0.39 is 0 Å². The summed E-state index contributed by atoms with van der Waals surface area (Å²) < 4.78 is 11.0. The van der Waals surface area contributed by atoms with Gasteiger partial charge in [-0.25, -0.2) is 10.4 Å². The van der Waals surface area contributed by atoms with E-state index in [1.54, 1.807) is 49.6 Å². The highest BCUT2D eigenvalue weighted by Crippen LogP contribution is 2.30. The third-order valence-corrected chi connectivity index (χ3v) is 4.79. The third-order valence-electron chi connectivity index (χ3n) is 4.79. The Morgan fingerprint density at radius 2 is 2.03 bits per heavy atom. The number of phenolic OH excluding ortho intramolecular Hbond substituents is 1. The quantitative estimate of drug-likeness (QED) is 0.302. The summed E-state index contributed by atoms with van der Waals surface area (Å²) in [5.41, 5.74) is 5.55. The monoisotopic (exact) mass is 430 g/mol. The van der Waals surface area contributed by atoms with Crippen LogP contribution in [0, 0.1) is 0 Å². The van der Waals surface area contributed by atoms with E-state index in [0.29, 0.717) is 51.7 Å². The predicted molar refractivity (Wildman–Crippen MR) is 122 cm³/mol. The normalized spacial score (nSPS) is 11.1. The highest BCUT2D eigenvalue weighted by molar-refractivity contribution is 5.98. The van der Waals surface area contributed by atoms with E-state index in [4.69, 9.17) is 9.47 Å². The van der Waals surface area contributed by atoms with Crippen LogP contribution in [0.15, 0.2) is 65.8 Å². The van der Waals surface area contributed by atoms with Crippen LogP contribution >= 0.6 is 0 Å². The average molecular weight is 430 g/mol. The van der Waals surface area contributed by atoms with Crippen LogP contribution in [0.2, 0.25) is 0 Å². The molecule has 3 N–H and O–H groups in total. The molecule has 0 bridgehead atoms. The van der Waals surface area contributed by atoms with Crippen molar-refractivity contribution in [3.8, 4) is 28.6 Å². The van der Waals surface area contributed by atoms with E-state index in [1.807, 2.05) is 25.1 Å². The number of amides is 1. The Bertz CT molecular complexity index is 1300. The molecule has 32 heavy (non-hydrogen) atoms. The van der Waals surface area contributed by atoms with E-state index in [2.05, 4.69) is 20.5 Å². The van der Waals surface area contributed by atoms with Gasteiger partial charge in [-0.3, -0.25) is 4.79 Å². The van der Waals surface area contributed by atoms with Crippen molar-refractivity contribution in [2.24, 2.45) is 5.10 Å². The number of aromatic amines is 1. The van der Waals surface area contributed by atoms with Gasteiger partial charge in [0.2, 0.25) is 0 Å². The van der Waals surface area contributed by atoms with Gasteiger partial charge in [-0.15, -0.1) is 0 Å². The van der Waals surface area contributed by atoms with Crippen molar-refractivity contribution >= 4 is 23.2 Å². The molecule has 0 radical (unpaired) electrons. The number of carbonyl (C=O) groups excluding carboxylic acids is 1. The second-order valence-electron chi connectivity index (χ2n) is 6.85. The molecule has 0 saturated heterocycles. The number of imidazole rings is 1. The first-order valence-electron chi connectivity index (χ1n) is 10.0. The first-order chi connectivity index (χ1) is 15.6. The molecule has 0 atom stereocenters. The van der Waals surface area contributed by atoms with E-state index in [-0.39, 0.29) is 11.7 Å². The van der Waals surface area contributed by atoms with Crippen molar-refractivity contribution in [2.45, 2.75) is 6.92 Å². The SMILES string of the molecule is CCOc1cccc(/C=N/NC(=O)c2ccc3nc(-c4ccccc4O)[nH]c3c2)c1OC. The van der Waals surface area contributed by atoms with Crippen molar-refractivity contribution in [2.75, 3.05) is 13.7 Å². The molecule has 0 unspecified atom stereocenters. The fourth-order valence-electron chi connectivity index (χ4n) is 3.30. The zero-order chi connectivity index (χ0) is 22.5. The number of aromatic nitrogens is 2. The van der Waals surface area contributed by atoms with Crippen LogP contribution < -0.4 is 14.9 Å². The van der Waals surface area contributed by atoms with Crippen LogP contribution in [0.5, 0.6) is 17.2 Å². The summed E-state index contributed by atoms with van der Waals surface area (Å²) in [6, 6.07) is 17.5. The molecule has 4 rings (SSSR count). The van der Waals surface area contributed by atoms with Gasteiger partial charge < -0.3 is 19.6 Å². The Hall–Kier alpha value is -4.33. The number of benzene rings is 3. The molecule has 8 heteroatoms. The molecule has 3 aromatic carbocycles. The maximum Gasteiger partial charge on any atom is 0.271 e. The highest BCUT2D eigenvalue weighted by Gasteiger charge is 2.12. The molecule has 162 valence electrons. The number of aromatic hydroxyl groups is 1. The van der Waals surface area contributed by atoms with Crippen molar-refractivity contribution < 1.29 is 19.4 Å². The fraction of sp³-hybridized carbons (Fsp3) is 0.125. The number of rotatable bonds is 7. The Kier molecular flexibility index (Phi) is 6.03. The number of nitrogens with zero attached hydrogens (tertiary/aromatic N) is 2. The average Bonchev–Trinajstić information content (AvgIpc) is 3.23. The molecule has 0 aliphatic carbocycles. The van der Waals surface area contributed by atoms with Crippen LogP contribution in [0.4, 0.5) is 0 Å². The Labute approximate surface area is 184 Å². The highest BCUT2D eigenvalue weighted by atomic mass is 16.5. The van der Waals surface area contributed by atoms with Gasteiger partial charge in [-0.1, -0.05) is 18.2 Å². The number of fused-ring (bicyclic) bond motifs is 1. The molecule has 1 amide bonds. The molecule has 8 nitrogen and oxygen atoms in total. The van der Waals surface area contributed by atoms with Gasteiger partial charge >= 0.3 is 0 Å². The van der Waals surface area contributed by atoms with Crippen molar-refractivity contribution in [3.05, 3.63) is 71.8 Å². The molecule has 4 aromatic rings. The van der Waals surface area contributed by atoms with Crippen molar-refractivity contribution in [1.29, 1.82) is 0 Å². The summed E-state index contributed by atoms with van der Waals surface area (Å²) in [4.78, 5) is 20.2. The van der Waals surface area contributed by atoms with Gasteiger partial charge in [-0.2, -0.15) is 5.10 Å². The van der Waals surface area contributed by atoms with E-state index in [1.165, 1.54) is 6.21 Å². The van der Waals surface area contributed by atoms with Crippen LogP contribution in [-0.2, 0) is 0 Å². The number of methoxy groups -OCH3 is 1. The minimum absolute atomic E-state index is 0.127. The van der Waals surface area contributed by atoms with E-state index in [0.717, 1.165) is 0 Å². The van der Waals surface area contributed by atoms with E-state index >= 15 is 0 Å². The second kappa shape index (κ2) is 9.22. The maximum atomic E-state index is 12.6. The number of para-hydroxylation sites is 2. The summed E-state index contributed by atoms with van der Waals surface area (Å²) >= 11 is 0. The van der Waals surface area contributed by atoms with Gasteiger partial charge in [0, 0.05) is 11.1 Å². The van der Waals surface area contributed by atoms with Crippen LogP contribution in [-0.4, -0.2) is 40.9 Å². The number of carbonyl (C=O) groups is 1. The number of hydrogen-bond donors (Lipinski definition) is 3. The Balaban J connectivity index is 1.52. The number of hydrogen-bond acceptors (Lipinski definition) is 6. The molecule has 0 aliphatic rings. The zero-order valence-electron chi connectivity index (χ0n) is 17.6. The molecular formula is C24H22N4O4. The van der Waals surface area contributed by atoms with Gasteiger partial charge in [-0.05, 0) is 49.4 Å². The lowest BCUT2D eigenvalue weighted by Gasteiger charge is -2.11. The number of hydrazone groups is 1. The molecule has 1 aromatic heterocycles. The number of ether oxygens (including phenoxy) is 2. The third kappa shape index (κ3) is 4.24. The molecule has 0 saturated carbocycles. The summed E-state index contributed by atoms with van der Waals surface area (Å²) in [7, 11) is 1.55. The lowest BCUT2D eigenvalue weighted by molar-refractivity contribution is 0.0955. The molecule has 0 fully saturated rings. The number of nitrogens with one attached hydrogen (secondary N) is 2. The number of phenols is 1. The molecule has 0 spiro atoms. The van der Waals surface area contributed by atoms with Crippen LogP contribution in [0.3, 0.4) is 0 Å². The summed E-state index contributed by atoms with van der Waals surface area (Å²) in [5.74, 6) is 1.43. The first kappa shape index (κ1) is 20.9. The maximum absolute atomic E-state index is 12.6. The lowest BCUT2D eigenvalue weighted by atomic mass is 10.2. The fourth-order valence-corrected chi connectivity index (χ4v) is 3.30.